The highest BCUT2D eigenvalue weighted by atomic mass is 32.2. The number of likely N-dealkylation sites (N-methyl/N-ethyl adjacent to an activating group) is 1. The summed E-state index contributed by atoms with van der Waals surface area (Å²) in [5.74, 6) is -2.12. The van der Waals surface area contributed by atoms with Gasteiger partial charge in [0.2, 0.25) is 0 Å². The predicted molar refractivity (Wildman–Crippen MR) is 156 cm³/mol. The van der Waals surface area contributed by atoms with Crippen molar-refractivity contribution in [2.45, 2.75) is 82.7 Å². The highest BCUT2D eigenvalue weighted by Crippen LogP contribution is 2.34. The number of alkyl halides is 6. The summed E-state index contributed by atoms with van der Waals surface area (Å²) in [6.07, 6.45) is -9.16. The first-order valence-electron chi connectivity index (χ1n) is 14.4. The van der Waals surface area contributed by atoms with Crippen molar-refractivity contribution in [2.75, 3.05) is 25.9 Å². The average Bonchev–Trinajstić information content (AvgIpc) is 2.93. The van der Waals surface area contributed by atoms with E-state index < -0.39 is 57.8 Å². The minimum Gasteiger partial charge on any atom is -0.444 e. The number of hydrogen-bond acceptors (Lipinski definition) is 7. The number of rotatable bonds is 9. The Bertz CT molecular complexity index is 1520. The van der Waals surface area contributed by atoms with Crippen molar-refractivity contribution in [3.8, 4) is 5.75 Å². The standard InChI is InChI=1S/C30H37F6N3O6S/c1-6-46(42,43)25-12-11-23(44-30(34,35)36)14-21(25)16-37-26(40)19-9-10-20(24(15-19)29(31,32)33)17-39-13-7-8-22(18-39)38(5)27(41)45-28(2,3)4/h9-12,14-15,22H,6-8,13,16-18H2,1-5H3,(H,37,40)/t22-/m0/s1. The normalized spacial score (nSPS) is 16.5. The van der Waals surface area contributed by atoms with Gasteiger partial charge in [-0.15, -0.1) is 13.2 Å². The van der Waals surface area contributed by atoms with Crippen molar-refractivity contribution in [1.29, 1.82) is 0 Å². The van der Waals surface area contributed by atoms with Gasteiger partial charge in [0, 0.05) is 38.3 Å². The molecule has 0 radical (unpaired) electrons. The van der Waals surface area contributed by atoms with Crippen LogP contribution in [0, 0.1) is 0 Å². The van der Waals surface area contributed by atoms with Crippen LogP contribution in [0.3, 0.4) is 0 Å². The van der Waals surface area contributed by atoms with Gasteiger partial charge in [0.15, 0.2) is 9.84 Å². The van der Waals surface area contributed by atoms with Crippen LogP contribution in [0.1, 0.15) is 67.6 Å². The van der Waals surface area contributed by atoms with E-state index in [2.05, 4.69) is 10.1 Å². The number of hydrogen-bond donors (Lipinski definition) is 1. The van der Waals surface area contributed by atoms with Gasteiger partial charge >= 0.3 is 18.6 Å². The molecule has 1 N–H and O–H groups in total. The SMILES string of the molecule is CCS(=O)(=O)c1ccc(OC(F)(F)F)cc1CNC(=O)c1ccc(CN2CCC[C@H](N(C)C(=O)OC(C)(C)C)C2)c(C(F)(F)F)c1. The molecule has 0 bridgehead atoms. The summed E-state index contributed by atoms with van der Waals surface area (Å²) in [5.41, 5.74) is -2.49. The third-order valence-corrected chi connectivity index (χ3v) is 9.03. The molecule has 0 aromatic heterocycles. The number of sulfone groups is 1. The smallest absolute Gasteiger partial charge is 0.444 e. The second-order valence-electron chi connectivity index (χ2n) is 11.9. The fourth-order valence-electron chi connectivity index (χ4n) is 4.96. The Morgan fingerprint density at radius 2 is 1.70 bits per heavy atom. The molecule has 1 atom stereocenters. The quantitative estimate of drug-likeness (QED) is 0.316. The van der Waals surface area contributed by atoms with Crippen LogP contribution in [0.4, 0.5) is 31.1 Å². The van der Waals surface area contributed by atoms with E-state index in [1.807, 2.05) is 0 Å². The molecule has 46 heavy (non-hydrogen) atoms. The molecule has 16 heteroatoms. The molecule has 1 saturated heterocycles. The molecule has 0 saturated carbocycles. The third-order valence-electron chi connectivity index (χ3n) is 7.20. The topological polar surface area (TPSA) is 105 Å². The van der Waals surface area contributed by atoms with E-state index in [1.54, 1.807) is 32.7 Å². The molecule has 256 valence electrons. The zero-order valence-electron chi connectivity index (χ0n) is 26.0. The number of nitrogens with one attached hydrogen (secondary N) is 1. The maximum Gasteiger partial charge on any atom is 0.573 e. The molecule has 3 rings (SSSR count). The second-order valence-corrected chi connectivity index (χ2v) is 14.1. The van der Waals surface area contributed by atoms with Gasteiger partial charge in [-0.25, -0.2) is 13.2 Å². The predicted octanol–water partition coefficient (Wildman–Crippen LogP) is 6.16. The molecule has 0 unspecified atom stereocenters. The van der Waals surface area contributed by atoms with E-state index in [9.17, 15) is 44.3 Å². The summed E-state index contributed by atoms with van der Waals surface area (Å²) in [6, 6.07) is 5.26. The van der Waals surface area contributed by atoms with Gasteiger partial charge in [0.1, 0.15) is 11.4 Å². The molecule has 9 nitrogen and oxygen atoms in total. The van der Waals surface area contributed by atoms with Crippen LogP contribution in [0.5, 0.6) is 5.75 Å². The first-order valence-corrected chi connectivity index (χ1v) is 16.0. The van der Waals surface area contributed by atoms with Gasteiger partial charge in [-0.05, 0) is 81.6 Å². The van der Waals surface area contributed by atoms with E-state index in [0.29, 0.717) is 32.0 Å². The highest BCUT2D eigenvalue weighted by Gasteiger charge is 2.36. The third kappa shape index (κ3) is 10.2. The van der Waals surface area contributed by atoms with Crippen LogP contribution >= 0.6 is 0 Å². The van der Waals surface area contributed by atoms with Crippen molar-refractivity contribution >= 4 is 21.8 Å². The maximum atomic E-state index is 14.2. The van der Waals surface area contributed by atoms with Gasteiger partial charge in [-0.3, -0.25) is 9.69 Å². The van der Waals surface area contributed by atoms with E-state index >= 15 is 0 Å². The molecule has 1 aliphatic rings. The number of piperidine rings is 1. The number of carbonyl (C=O) groups excluding carboxylic acids is 2. The molecule has 1 aliphatic heterocycles. The van der Waals surface area contributed by atoms with Crippen LogP contribution < -0.4 is 10.1 Å². The summed E-state index contributed by atoms with van der Waals surface area (Å²) >= 11 is 0. The zero-order valence-corrected chi connectivity index (χ0v) is 26.8. The van der Waals surface area contributed by atoms with Crippen LogP contribution in [0.2, 0.25) is 0 Å². The molecular formula is C30H37F6N3O6S. The summed E-state index contributed by atoms with van der Waals surface area (Å²) in [7, 11) is -2.36. The van der Waals surface area contributed by atoms with Crippen LogP contribution in [0.25, 0.3) is 0 Å². The summed E-state index contributed by atoms with van der Waals surface area (Å²) in [6.45, 7) is 6.58. The second kappa shape index (κ2) is 14.1. The number of ether oxygens (including phenoxy) is 2. The molecule has 2 aromatic carbocycles. The molecule has 2 amide bonds. The Morgan fingerprint density at radius 1 is 1.02 bits per heavy atom. The Hall–Kier alpha value is -3.53. The lowest BCUT2D eigenvalue weighted by atomic mass is 9.99. The lowest BCUT2D eigenvalue weighted by Gasteiger charge is -2.38. The van der Waals surface area contributed by atoms with E-state index in [0.717, 1.165) is 18.2 Å². The molecule has 1 heterocycles. The number of nitrogens with zero attached hydrogens (tertiary/aromatic N) is 2. The average molecular weight is 682 g/mol. The fraction of sp³-hybridized carbons (Fsp3) is 0.533. The first kappa shape index (κ1) is 36.9. The van der Waals surface area contributed by atoms with Crippen molar-refractivity contribution in [1.82, 2.24) is 15.1 Å². The van der Waals surface area contributed by atoms with Crippen molar-refractivity contribution in [2.24, 2.45) is 0 Å². The molecular weight excluding hydrogens is 644 g/mol. The molecule has 1 fully saturated rings. The van der Waals surface area contributed by atoms with Crippen LogP contribution in [-0.4, -0.2) is 74.1 Å². The van der Waals surface area contributed by atoms with Crippen molar-refractivity contribution < 1.29 is 53.8 Å². The maximum absolute atomic E-state index is 14.2. The first-order chi connectivity index (χ1) is 21.1. The number of likely N-dealkylation sites (tertiary alicyclic amines) is 1. The van der Waals surface area contributed by atoms with E-state index in [1.165, 1.54) is 24.0 Å². The van der Waals surface area contributed by atoms with Gasteiger partial charge in [0.25, 0.3) is 5.91 Å². The van der Waals surface area contributed by atoms with Gasteiger partial charge < -0.3 is 19.7 Å². The Kier molecular flexibility index (Phi) is 11.3. The summed E-state index contributed by atoms with van der Waals surface area (Å²) < 4.78 is 115. The van der Waals surface area contributed by atoms with Crippen LogP contribution in [0.15, 0.2) is 41.3 Å². The largest absolute Gasteiger partial charge is 0.573 e. The minimum atomic E-state index is -5.06. The molecule has 0 aliphatic carbocycles. The zero-order chi connectivity index (χ0) is 34.7. The minimum absolute atomic E-state index is 0.0991. The number of carbonyl (C=O) groups is 2. The van der Waals surface area contributed by atoms with E-state index in [-0.39, 0.29) is 39.9 Å². The van der Waals surface area contributed by atoms with Crippen molar-refractivity contribution in [3.63, 3.8) is 0 Å². The Morgan fingerprint density at radius 3 is 2.28 bits per heavy atom. The molecule has 2 aromatic rings. The van der Waals surface area contributed by atoms with Crippen molar-refractivity contribution in [3.05, 3.63) is 58.7 Å². The number of benzene rings is 2. The summed E-state index contributed by atoms with van der Waals surface area (Å²) in [5, 5.41) is 2.30. The van der Waals surface area contributed by atoms with Gasteiger partial charge in [-0.2, -0.15) is 13.2 Å². The highest BCUT2D eigenvalue weighted by molar-refractivity contribution is 7.91. The monoisotopic (exact) mass is 681 g/mol. The molecule has 0 spiro atoms. The Balaban J connectivity index is 1.80. The van der Waals surface area contributed by atoms with Gasteiger partial charge in [-0.1, -0.05) is 13.0 Å². The number of amides is 2. The lowest BCUT2D eigenvalue weighted by molar-refractivity contribution is -0.274. The van der Waals surface area contributed by atoms with E-state index in [4.69, 9.17) is 4.74 Å². The lowest BCUT2D eigenvalue weighted by Crippen LogP contribution is -2.49. The Labute approximate surface area is 263 Å². The number of halogens is 6. The van der Waals surface area contributed by atoms with Crippen LogP contribution in [-0.2, 0) is 33.8 Å². The summed E-state index contributed by atoms with van der Waals surface area (Å²) in [4.78, 5) is 28.3. The fourth-order valence-corrected chi connectivity index (χ4v) is 6.08. The van der Waals surface area contributed by atoms with Gasteiger partial charge in [0.05, 0.1) is 16.2 Å².